The minimum atomic E-state index is -1.88. The van der Waals surface area contributed by atoms with Crippen LogP contribution < -0.4 is 30.6 Å². The molecule has 702 valence electrons. The highest BCUT2D eigenvalue weighted by molar-refractivity contribution is 6.13. The highest BCUT2D eigenvalue weighted by atomic mass is 35.5. The summed E-state index contributed by atoms with van der Waals surface area (Å²) < 4.78 is 59.6. The number of likely N-dealkylation sites (tertiary alicyclic amines) is 3. The summed E-state index contributed by atoms with van der Waals surface area (Å²) in [5.74, 6) is -7.84. The third-order valence-corrected chi connectivity index (χ3v) is 27.2. The third-order valence-electron chi connectivity index (χ3n) is 27.1. The molecular weight excluding hydrogens is 1740 g/mol. The first kappa shape index (κ1) is 98.0. The van der Waals surface area contributed by atoms with E-state index in [0.717, 1.165) is 52.9 Å². The van der Waals surface area contributed by atoms with Crippen LogP contribution in [0.1, 0.15) is 177 Å². The number of halogens is 2. The summed E-state index contributed by atoms with van der Waals surface area (Å²) in [5.41, 5.74) is 13.8. The molecule has 43 heteroatoms. The summed E-state index contributed by atoms with van der Waals surface area (Å²) in [4.78, 5) is 142. The predicted molar refractivity (Wildman–Crippen MR) is 444 cm³/mol. The van der Waals surface area contributed by atoms with Gasteiger partial charge < -0.3 is 124 Å². The fraction of sp³-hybridized carbons (Fsp3) is 0.593. The van der Waals surface area contributed by atoms with Crippen molar-refractivity contribution in [2.45, 2.75) is 283 Å². The minimum Gasteiger partial charge on any atom is -0.481 e. The van der Waals surface area contributed by atoms with Gasteiger partial charge in [0.25, 0.3) is 11.8 Å². The summed E-state index contributed by atoms with van der Waals surface area (Å²) >= 11 is 4.55. The topological polar surface area (TPSA) is 575 Å². The van der Waals surface area contributed by atoms with E-state index in [1.165, 1.54) is 27.7 Å². The van der Waals surface area contributed by atoms with Crippen molar-refractivity contribution in [3.63, 3.8) is 0 Å². The Morgan fingerprint density at radius 3 is 1.23 bits per heavy atom. The monoisotopic (exact) mass is 1850 g/mol. The normalized spacial score (nSPS) is 31.2. The number of aliphatic carboxylic acids is 1. The number of hydrogen-bond donors (Lipinski definition) is 12. The lowest BCUT2D eigenvalue weighted by atomic mass is 9.50. The Hall–Kier alpha value is -10.1. The Labute approximate surface area is 751 Å². The molecule has 18 rings (SSSR count). The molecule has 6 saturated heterocycles. The van der Waals surface area contributed by atoms with E-state index in [9.17, 15) is 88.5 Å². The SMILES string of the molecule is C.CC1(C)OC(=O)[C@H](CC(=O)ON2C(=O)CCC2=O)O1.C[C@H](N)C(=O)OC1=CC[C@@]2(O)[C@H]3Cc4ccc(CO)c5c4[C@@]2(CCN3C)[C@H]1O5.C[C@H](NC(=O)C[C@@H]1OC(C)(C)OC1=O)C(=O)OC1=CC[C@@]2(O)[C@H]3Cc4ccc(CO)c5c4[C@@]2(CCN3C)[C@H]1O5.C[C@H](NC(=O)C[C@H](O)C(=O)O)C(=O)OC1=CC[C@@]2(O)[C@H]3Cc4ccc(CO)c5c4[C@@]2(CCN3C)[C@H]1O5.Cl.N=NN=NCl. The molecule has 0 radical (unpaired) electrons. The van der Waals surface area contributed by atoms with E-state index in [0.29, 0.717) is 89.8 Å². The molecule has 18 atom stereocenters. The van der Waals surface area contributed by atoms with Crippen LogP contribution in [0.5, 0.6) is 17.2 Å². The van der Waals surface area contributed by atoms with Crippen LogP contribution in [-0.2, 0) is 146 Å². The molecule has 13 N–H and O–H groups in total. The van der Waals surface area contributed by atoms with Gasteiger partial charge in [0.2, 0.25) is 23.4 Å². The number of aliphatic hydroxyl groups excluding tert-OH is 4. The molecule has 0 saturated carbocycles. The van der Waals surface area contributed by atoms with Gasteiger partial charge in [0, 0.05) is 111 Å². The van der Waals surface area contributed by atoms with Crippen molar-refractivity contribution in [2.75, 3.05) is 40.8 Å². The number of carbonyl (C=O) groups excluding carboxylic acids is 10. The predicted octanol–water partition coefficient (Wildman–Crippen LogP) is 2.52. The van der Waals surface area contributed by atoms with Crippen molar-refractivity contribution in [1.82, 2.24) is 30.4 Å². The molecule has 3 spiro atoms. The number of ether oxygens (including phenoxy) is 10. The van der Waals surface area contributed by atoms with Gasteiger partial charge in [0.05, 0.1) is 83.9 Å². The Kier molecular flexibility index (Phi) is 28.0. The Balaban J connectivity index is 0.000000156. The lowest BCUT2D eigenvalue weighted by Gasteiger charge is -2.61. The standard InChI is InChI=1S/C28H34N2O9.C25H30N2O9.C21H26N2O5.C11H13NO7.CH4.ClHN4.ClH/c1-14(29-20(32)12-18-25(34)39-26(2,3)38-18)24(33)36-17-7-8-28(35)19-11-15-5-6-16(13-31)22-21(15)27(28,23(17)37-22)9-10-30(19)4;1-12(26-18(30)10-15(29)22(31)32)23(33)35-16-5-6-25(34)17-9-13-3-4-14(11-28)20-19(13)24(25,21(16)36-20)7-8-27(17)2;1-11(22)19(25)27-14-5-6-21(26)15-9-12-3-4-13(10-24)17-16(12)20(21,18(14)28-17)7-8-23(15)2;1-11(2)17-6(10(16)18-11)5-9(15)19-12-7(13)3-4-8(12)14;;1-3-5-4-2;/h5-7,14,18-19,23,31,35H,8-13H2,1-4H3,(H,29,32);3-5,12,15,17,21,28-29,34H,6-11H2,1-2H3,(H,26,30)(H,31,32);3-5,11,15,18,24,26H,6-10,22H2,1-2H3;6H,3-5H2,1-2H3;1H4;2H;1H/t14-,18-,19+,23-,27-,28+;12-,15-,17+,21-,24-,25+;11-,15+,18-,20-,21+;6-;;;/m0000.../s1. The van der Waals surface area contributed by atoms with Gasteiger partial charge in [-0.05, 0) is 145 Å². The van der Waals surface area contributed by atoms with Crippen LogP contribution in [0, 0.1) is 5.53 Å². The quantitative estimate of drug-likeness (QED) is 0.0254. The number of carboxylic acid groups (broad SMARTS) is 1. The van der Waals surface area contributed by atoms with E-state index in [2.05, 4.69) is 57.0 Å². The Morgan fingerprint density at radius 1 is 0.574 bits per heavy atom. The van der Waals surface area contributed by atoms with Crippen LogP contribution >= 0.6 is 24.2 Å². The Bertz CT molecular complexity index is 5150. The minimum absolute atomic E-state index is 0. The Morgan fingerprint density at radius 2 is 0.922 bits per heavy atom. The second-order valence-corrected chi connectivity index (χ2v) is 35.6. The molecule has 129 heavy (non-hydrogen) atoms. The maximum absolute atomic E-state index is 13.1. The van der Waals surface area contributed by atoms with Gasteiger partial charge in [-0.2, -0.15) is 5.53 Å². The molecule has 3 aromatic carbocycles. The molecule has 41 nitrogen and oxygen atoms in total. The van der Waals surface area contributed by atoms with E-state index in [1.807, 2.05) is 57.5 Å². The van der Waals surface area contributed by atoms with Crippen molar-refractivity contribution in [3.8, 4) is 17.2 Å². The number of nitrogens with zero attached hydrogens (tertiary/aromatic N) is 7. The van der Waals surface area contributed by atoms with E-state index in [4.69, 9.17) is 63.7 Å². The van der Waals surface area contributed by atoms with Crippen molar-refractivity contribution < 1.29 is 146 Å². The second kappa shape index (κ2) is 36.9. The van der Waals surface area contributed by atoms with Gasteiger partial charge in [-0.3, -0.25) is 19.2 Å². The van der Waals surface area contributed by atoms with Crippen molar-refractivity contribution in [1.29, 1.82) is 5.53 Å². The van der Waals surface area contributed by atoms with E-state index in [-0.39, 0.29) is 101 Å². The summed E-state index contributed by atoms with van der Waals surface area (Å²) in [6.07, 6.45) is 2.32. The number of benzene rings is 3. The number of likely N-dealkylation sites (N-methyl/N-ethyl adjacent to an activating group) is 3. The number of carbonyl (C=O) groups is 11. The van der Waals surface area contributed by atoms with Crippen LogP contribution in [-0.4, -0.2) is 268 Å². The van der Waals surface area contributed by atoms with E-state index < -0.39 is 178 Å². The summed E-state index contributed by atoms with van der Waals surface area (Å²) in [6, 6.07) is 8.31. The second-order valence-electron chi connectivity index (χ2n) is 35.5. The number of hydroxylamine groups is 2. The molecule has 9 heterocycles. The largest absolute Gasteiger partial charge is 0.481 e. The maximum Gasteiger partial charge on any atom is 0.338 e. The van der Waals surface area contributed by atoms with Crippen LogP contribution in [0.4, 0.5) is 0 Å². The van der Waals surface area contributed by atoms with E-state index >= 15 is 0 Å². The molecule has 4 amide bonds. The number of amides is 4. The molecule has 0 aromatic heterocycles. The average Bonchev–Trinajstić information content (AvgIpc) is 1.54. The lowest BCUT2D eigenvalue weighted by molar-refractivity contribution is -0.200. The summed E-state index contributed by atoms with van der Waals surface area (Å²) in [5, 5.41) is 94.8. The highest BCUT2D eigenvalue weighted by Crippen LogP contribution is 2.68. The van der Waals surface area contributed by atoms with Crippen LogP contribution in [0.2, 0.25) is 0 Å². The first-order chi connectivity index (χ1) is 60.0. The maximum atomic E-state index is 13.1. The zero-order chi connectivity index (χ0) is 92.1. The molecule has 15 aliphatic rings. The fourth-order valence-electron chi connectivity index (χ4n) is 21.3. The average molecular weight is 1850 g/mol. The molecule has 6 aliphatic carbocycles. The fourth-order valence-corrected chi connectivity index (χ4v) is 21.4. The van der Waals surface area contributed by atoms with Crippen molar-refractivity contribution in [3.05, 3.63) is 122 Å². The number of nitrogens with two attached hydrogens (primary N) is 1. The van der Waals surface area contributed by atoms with Gasteiger partial charge in [-0.15, -0.1) is 17.5 Å². The number of hydrogen-bond acceptors (Lipinski definition) is 35. The van der Waals surface area contributed by atoms with E-state index in [1.54, 1.807) is 39.0 Å². The number of imide groups is 1. The van der Waals surface area contributed by atoms with Crippen LogP contribution in [0.15, 0.2) is 87.0 Å². The molecule has 0 unspecified atom stereocenters. The number of piperidine rings is 3. The molecule has 3 aromatic rings. The van der Waals surface area contributed by atoms with Crippen LogP contribution in [0.25, 0.3) is 0 Å². The number of aliphatic hydroxyl groups is 7. The highest BCUT2D eigenvalue weighted by Gasteiger charge is 2.75. The zero-order valence-corrected chi connectivity index (χ0v) is 73.4. The first-order valence-corrected chi connectivity index (χ1v) is 42.1. The molecule has 6 bridgehead atoms. The summed E-state index contributed by atoms with van der Waals surface area (Å²) in [7, 11) is 6.04. The molecule has 6 fully saturated rings. The first-order valence-electron chi connectivity index (χ1n) is 41.8. The van der Waals surface area contributed by atoms with Crippen LogP contribution in [0.3, 0.4) is 0 Å². The molecular formula is C86H109Cl2N11O30. The van der Waals surface area contributed by atoms with Gasteiger partial charge in [-0.1, -0.05) is 48.5 Å². The smallest absolute Gasteiger partial charge is 0.338 e. The van der Waals surface area contributed by atoms with Gasteiger partial charge in [0.1, 0.15) is 52.7 Å². The van der Waals surface area contributed by atoms with Gasteiger partial charge in [-0.25, -0.2) is 33.6 Å². The zero-order valence-electron chi connectivity index (χ0n) is 71.8. The lowest BCUT2D eigenvalue weighted by Crippen LogP contribution is -2.74. The van der Waals surface area contributed by atoms with Gasteiger partial charge in [0.15, 0.2) is 36.6 Å². The van der Waals surface area contributed by atoms with Crippen molar-refractivity contribution in [2.24, 2.45) is 20.8 Å². The number of rotatable bonds is 20. The number of nitrogens with one attached hydrogen (secondary N) is 3. The third kappa shape index (κ3) is 16.8. The van der Waals surface area contributed by atoms with Gasteiger partial charge >= 0.3 is 41.8 Å². The number of esters is 5. The molecule has 9 aliphatic heterocycles. The van der Waals surface area contributed by atoms with Crippen molar-refractivity contribution >= 4 is 89.6 Å². The number of carboxylic acids is 1. The number of cyclic esters (lactones) is 2. The summed E-state index contributed by atoms with van der Waals surface area (Å²) in [6.45, 7) is 12.3.